The number of rotatable bonds is 5. The van der Waals surface area contributed by atoms with Crippen molar-refractivity contribution < 1.29 is 0 Å². The minimum absolute atomic E-state index is 0.572. The van der Waals surface area contributed by atoms with Crippen LogP contribution in [0.4, 0.5) is 0 Å². The lowest BCUT2D eigenvalue weighted by molar-refractivity contribution is 0.713. The molecule has 0 atom stereocenters. The van der Waals surface area contributed by atoms with Gasteiger partial charge in [-0.2, -0.15) is 0 Å². The fourth-order valence-corrected chi connectivity index (χ4v) is 2.02. The van der Waals surface area contributed by atoms with Crippen molar-refractivity contribution in [2.24, 2.45) is 0 Å². The first-order valence-corrected chi connectivity index (χ1v) is 5.71. The van der Waals surface area contributed by atoms with Crippen molar-refractivity contribution in [1.29, 1.82) is 0 Å². The Bertz CT molecular complexity index is 243. The van der Waals surface area contributed by atoms with Crippen LogP contribution < -0.4 is 5.32 Å². The monoisotopic (exact) mass is 198 g/mol. The fourth-order valence-electron chi connectivity index (χ4n) is 1.15. The molecule has 74 valence electrons. The van der Waals surface area contributed by atoms with Gasteiger partial charge in [0.15, 0.2) is 0 Å². The average Bonchev–Trinajstić information content (AvgIpc) is 2.53. The summed E-state index contributed by atoms with van der Waals surface area (Å²) in [5, 5.41) is 6.59. The number of nitrogens with zero attached hydrogens (tertiary/aromatic N) is 1. The van der Waals surface area contributed by atoms with E-state index in [1.54, 1.807) is 11.3 Å². The molecular formula is C10H18N2S. The third-order valence-corrected chi connectivity index (χ3v) is 3.12. The van der Waals surface area contributed by atoms with Crippen LogP contribution in [0.5, 0.6) is 0 Å². The van der Waals surface area contributed by atoms with Crippen LogP contribution >= 0.6 is 11.3 Å². The van der Waals surface area contributed by atoms with Crippen LogP contribution in [0.15, 0.2) is 5.38 Å². The van der Waals surface area contributed by atoms with Crippen molar-refractivity contribution in [3.8, 4) is 0 Å². The second-order valence-electron chi connectivity index (χ2n) is 3.54. The van der Waals surface area contributed by atoms with Gasteiger partial charge in [-0.1, -0.05) is 13.8 Å². The highest BCUT2D eigenvalue weighted by Crippen LogP contribution is 2.19. The van der Waals surface area contributed by atoms with Crippen LogP contribution in [-0.4, -0.2) is 18.6 Å². The third kappa shape index (κ3) is 3.44. The summed E-state index contributed by atoms with van der Waals surface area (Å²) in [5.41, 5.74) is 1.25. The van der Waals surface area contributed by atoms with Gasteiger partial charge in [0.2, 0.25) is 0 Å². The second-order valence-corrected chi connectivity index (χ2v) is 4.43. The van der Waals surface area contributed by atoms with E-state index in [0.29, 0.717) is 5.92 Å². The first kappa shape index (κ1) is 10.7. The van der Waals surface area contributed by atoms with Crippen molar-refractivity contribution in [1.82, 2.24) is 10.3 Å². The molecule has 1 heterocycles. The fraction of sp³-hybridized carbons (Fsp3) is 0.700. The summed E-state index contributed by atoms with van der Waals surface area (Å²) in [6.07, 6.45) is 2.28. The summed E-state index contributed by atoms with van der Waals surface area (Å²) in [5.74, 6) is 0.572. The van der Waals surface area contributed by atoms with Crippen molar-refractivity contribution in [2.75, 3.05) is 13.6 Å². The van der Waals surface area contributed by atoms with Crippen LogP contribution in [0.3, 0.4) is 0 Å². The summed E-state index contributed by atoms with van der Waals surface area (Å²) in [7, 11) is 1.99. The maximum Gasteiger partial charge on any atom is 0.0953 e. The number of nitrogens with one attached hydrogen (secondary N) is 1. The van der Waals surface area contributed by atoms with Gasteiger partial charge in [0.05, 0.1) is 10.7 Å². The molecule has 0 aliphatic rings. The zero-order valence-electron chi connectivity index (χ0n) is 8.63. The van der Waals surface area contributed by atoms with Crippen molar-refractivity contribution in [3.05, 3.63) is 16.1 Å². The molecule has 0 aromatic carbocycles. The summed E-state index contributed by atoms with van der Waals surface area (Å²) in [6.45, 7) is 5.46. The Kier molecular flexibility index (Phi) is 4.39. The molecule has 0 spiro atoms. The highest BCUT2D eigenvalue weighted by atomic mass is 32.1. The first-order valence-electron chi connectivity index (χ1n) is 4.83. The molecule has 0 bridgehead atoms. The number of aryl methyl sites for hydroxylation is 1. The first-order chi connectivity index (χ1) is 6.24. The summed E-state index contributed by atoms with van der Waals surface area (Å²) < 4.78 is 0. The van der Waals surface area contributed by atoms with Gasteiger partial charge in [0.1, 0.15) is 0 Å². The molecule has 0 saturated heterocycles. The van der Waals surface area contributed by atoms with Crippen LogP contribution in [0, 0.1) is 0 Å². The molecule has 0 amide bonds. The zero-order valence-corrected chi connectivity index (χ0v) is 9.45. The minimum atomic E-state index is 0.572. The smallest absolute Gasteiger partial charge is 0.0953 e. The van der Waals surface area contributed by atoms with Crippen LogP contribution in [0.1, 0.15) is 36.9 Å². The van der Waals surface area contributed by atoms with E-state index in [4.69, 9.17) is 0 Å². The lowest BCUT2D eigenvalue weighted by atomic mass is 10.2. The second kappa shape index (κ2) is 5.35. The molecule has 3 heteroatoms. The highest BCUT2D eigenvalue weighted by molar-refractivity contribution is 7.09. The van der Waals surface area contributed by atoms with Gasteiger partial charge in [-0.25, -0.2) is 4.98 Å². The van der Waals surface area contributed by atoms with Gasteiger partial charge in [0.25, 0.3) is 0 Å². The minimum Gasteiger partial charge on any atom is -0.320 e. The maximum atomic E-state index is 4.57. The van der Waals surface area contributed by atoms with Gasteiger partial charge in [-0.15, -0.1) is 11.3 Å². The average molecular weight is 198 g/mol. The van der Waals surface area contributed by atoms with E-state index < -0.39 is 0 Å². The third-order valence-electron chi connectivity index (χ3n) is 1.92. The molecule has 0 radical (unpaired) electrons. The van der Waals surface area contributed by atoms with E-state index in [9.17, 15) is 0 Å². The lowest BCUT2D eigenvalue weighted by Gasteiger charge is -1.98. The highest BCUT2D eigenvalue weighted by Gasteiger charge is 2.04. The number of hydrogen-bond donors (Lipinski definition) is 1. The molecule has 0 fully saturated rings. The predicted molar refractivity (Wildman–Crippen MR) is 58.5 cm³/mol. The normalized spacial score (nSPS) is 11.1. The zero-order chi connectivity index (χ0) is 9.68. The molecule has 1 N–H and O–H groups in total. The SMILES string of the molecule is CNCCCc1csc(C(C)C)n1. The molecule has 13 heavy (non-hydrogen) atoms. The molecule has 0 unspecified atom stereocenters. The van der Waals surface area contributed by atoms with E-state index in [1.165, 1.54) is 17.1 Å². The largest absolute Gasteiger partial charge is 0.320 e. The Hall–Kier alpha value is -0.410. The Morgan fingerprint density at radius 2 is 2.31 bits per heavy atom. The molecule has 0 aliphatic heterocycles. The van der Waals surface area contributed by atoms with E-state index in [1.807, 2.05) is 7.05 Å². The summed E-state index contributed by atoms with van der Waals surface area (Å²) in [4.78, 5) is 4.57. The Balaban J connectivity index is 2.40. The molecule has 0 aliphatic carbocycles. The Morgan fingerprint density at radius 1 is 1.54 bits per heavy atom. The predicted octanol–water partition coefficient (Wildman–Crippen LogP) is 2.42. The Morgan fingerprint density at radius 3 is 2.85 bits per heavy atom. The Labute approximate surface area is 84.4 Å². The topological polar surface area (TPSA) is 24.9 Å². The van der Waals surface area contributed by atoms with Crippen LogP contribution in [0.2, 0.25) is 0 Å². The quantitative estimate of drug-likeness (QED) is 0.735. The van der Waals surface area contributed by atoms with E-state index in [2.05, 4.69) is 29.5 Å². The molecule has 2 nitrogen and oxygen atoms in total. The molecule has 1 aromatic rings. The van der Waals surface area contributed by atoms with Gasteiger partial charge >= 0.3 is 0 Å². The molecular weight excluding hydrogens is 180 g/mol. The van der Waals surface area contributed by atoms with Crippen LogP contribution in [0.25, 0.3) is 0 Å². The maximum absolute atomic E-state index is 4.57. The number of thiazole rings is 1. The molecule has 0 saturated carbocycles. The summed E-state index contributed by atoms with van der Waals surface area (Å²) in [6, 6.07) is 0. The lowest BCUT2D eigenvalue weighted by Crippen LogP contribution is -2.08. The van der Waals surface area contributed by atoms with Gasteiger partial charge in [0, 0.05) is 11.3 Å². The number of aromatic nitrogens is 1. The van der Waals surface area contributed by atoms with E-state index >= 15 is 0 Å². The summed E-state index contributed by atoms with van der Waals surface area (Å²) >= 11 is 1.78. The van der Waals surface area contributed by atoms with Crippen LogP contribution in [-0.2, 0) is 6.42 Å². The van der Waals surface area contributed by atoms with E-state index in [-0.39, 0.29) is 0 Å². The van der Waals surface area contributed by atoms with Gasteiger partial charge in [-0.05, 0) is 26.4 Å². The molecule has 1 aromatic heterocycles. The van der Waals surface area contributed by atoms with E-state index in [0.717, 1.165) is 13.0 Å². The standard InChI is InChI=1S/C10H18N2S/c1-8(2)10-12-9(7-13-10)5-4-6-11-3/h7-8,11H,4-6H2,1-3H3. The van der Waals surface area contributed by atoms with Gasteiger partial charge < -0.3 is 5.32 Å². The van der Waals surface area contributed by atoms with Gasteiger partial charge in [-0.3, -0.25) is 0 Å². The van der Waals surface area contributed by atoms with Crippen molar-refractivity contribution in [2.45, 2.75) is 32.6 Å². The van der Waals surface area contributed by atoms with Crippen molar-refractivity contribution >= 4 is 11.3 Å². The molecule has 1 rings (SSSR count). The van der Waals surface area contributed by atoms with Crippen molar-refractivity contribution in [3.63, 3.8) is 0 Å². The number of hydrogen-bond acceptors (Lipinski definition) is 3.